The lowest BCUT2D eigenvalue weighted by molar-refractivity contribution is 0.0693. The zero-order valence-electron chi connectivity index (χ0n) is 10.2. The molecule has 0 saturated carbocycles. The van der Waals surface area contributed by atoms with E-state index in [1.165, 1.54) is 18.3 Å². The molecular formula is C14H11NO4. The Morgan fingerprint density at radius 1 is 1.32 bits per heavy atom. The second-order valence-corrected chi connectivity index (χ2v) is 3.87. The van der Waals surface area contributed by atoms with Crippen LogP contribution in [0.25, 0.3) is 0 Å². The van der Waals surface area contributed by atoms with Crippen molar-refractivity contribution in [3.63, 3.8) is 0 Å². The highest BCUT2D eigenvalue weighted by Crippen LogP contribution is 2.28. The number of aromatic carboxylic acids is 1. The van der Waals surface area contributed by atoms with Crippen LogP contribution in [0, 0.1) is 6.92 Å². The van der Waals surface area contributed by atoms with Gasteiger partial charge in [-0.05, 0) is 30.7 Å². The molecule has 2 aromatic rings. The normalized spacial score (nSPS) is 9.95. The molecule has 0 atom stereocenters. The van der Waals surface area contributed by atoms with Gasteiger partial charge in [0, 0.05) is 6.20 Å². The molecule has 19 heavy (non-hydrogen) atoms. The molecule has 0 radical (unpaired) electrons. The SMILES string of the molecule is Cc1cccc(C=O)c1Oc1ncccc1C(=O)O. The van der Waals surface area contributed by atoms with E-state index in [-0.39, 0.29) is 11.4 Å². The van der Waals surface area contributed by atoms with Crippen LogP contribution in [0.1, 0.15) is 26.3 Å². The number of carboxylic acid groups (broad SMARTS) is 1. The highest BCUT2D eigenvalue weighted by Gasteiger charge is 2.15. The molecule has 1 heterocycles. The second kappa shape index (κ2) is 5.30. The summed E-state index contributed by atoms with van der Waals surface area (Å²) in [6.45, 7) is 1.77. The predicted octanol–water partition coefficient (Wildman–Crippen LogP) is 2.69. The average Bonchev–Trinajstić information content (AvgIpc) is 2.41. The molecule has 2 rings (SSSR count). The molecule has 5 nitrogen and oxygen atoms in total. The molecule has 0 fully saturated rings. The maximum Gasteiger partial charge on any atom is 0.341 e. The number of ether oxygens (including phenoxy) is 1. The first kappa shape index (κ1) is 12.8. The second-order valence-electron chi connectivity index (χ2n) is 3.87. The molecule has 1 N–H and O–H groups in total. The maximum atomic E-state index is 11.1. The summed E-state index contributed by atoms with van der Waals surface area (Å²) in [7, 11) is 0. The Labute approximate surface area is 109 Å². The molecule has 0 unspecified atom stereocenters. The summed E-state index contributed by atoms with van der Waals surface area (Å²) < 4.78 is 5.50. The van der Waals surface area contributed by atoms with Crippen molar-refractivity contribution in [1.29, 1.82) is 0 Å². The van der Waals surface area contributed by atoms with Gasteiger partial charge < -0.3 is 9.84 Å². The summed E-state index contributed by atoms with van der Waals surface area (Å²) in [4.78, 5) is 25.9. The molecule has 96 valence electrons. The Bertz CT molecular complexity index is 637. The first-order chi connectivity index (χ1) is 9.13. The smallest absolute Gasteiger partial charge is 0.341 e. The Hall–Kier alpha value is -2.69. The monoisotopic (exact) mass is 257 g/mol. The molecule has 0 bridgehead atoms. The molecule has 0 spiro atoms. The van der Waals surface area contributed by atoms with Gasteiger partial charge in [-0.1, -0.05) is 12.1 Å². The number of aldehydes is 1. The molecule has 0 amide bonds. The lowest BCUT2D eigenvalue weighted by atomic mass is 10.1. The number of pyridine rings is 1. The Balaban J connectivity index is 2.48. The fraction of sp³-hybridized carbons (Fsp3) is 0.0714. The van der Waals surface area contributed by atoms with E-state index in [9.17, 15) is 9.59 Å². The summed E-state index contributed by atoms with van der Waals surface area (Å²) >= 11 is 0. The summed E-state index contributed by atoms with van der Waals surface area (Å²) in [6.07, 6.45) is 2.09. The van der Waals surface area contributed by atoms with Gasteiger partial charge in [0.2, 0.25) is 5.88 Å². The number of hydrogen-bond acceptors (Lipinski definition) is 4. The number of carbonyl (C=O) groups excluding carboxylic acids is 1. The molecule has 1 aromatic carbocycles. The Kier molecular flexibility index (Phi) is 3.56. The van der Waals surface area contributed by atoms with Gasteiger partial charge in [-0.25, -0.2) is 9.78 Å². The van der Waals surface area contributed by atoms with E-state index in [0.717, 1.165) is 5.56 Å². The van der Waals surface area contributed by atoms with Crippen molar-refractivity contribution in [3.05, 3.63) is 53.2 Å². The van der Waals surface area contributed by atoms with E-state index in [1.54, 1.807) is 25.1 Å². The lowest BCUT2D eigenvalue weighted by Crippen LogP contribution is -2.03. The summed E-state index contributed by atoms with van der Waals surface area (Å²) in [5.41, 5.74) is 1.02. The van der Waals surface area contributed by atoms with Crippen LogP contribution in [0.3, 0.4) is 0 Å². The number of hydrogen-bond donors (Lipinski definition) is 1. The van der Waals surface area contributed by atoms with Gasteiger partial charge in [0.1, 0.15) is 11.3 Å². The van der Waals surface area contributed by atoms with Crippen molar-refractivity contribution in [3.8, 4) is 11.6 Å². The minimum atomic E-state index is -1.13. The van der Waals surface area contributed by atoms with Crippen molar-refractivity contribution in [2.45, 2.75) is 6.92 Å². The number of rotatable bonds is 4. The molecule has 1 aromatic heterocycles. The van der Waals surface area contributed by atoms with Crippen molar-refractivity contribution >= 4 is 12.3 Å². The quantitative estimate of drug-likeness (QED) is 0.852. The van der Waals surface area contributed by atoms with Crippen molar-refractivity contribution in [1.82, 2.24) is 4.98 Å². The van der Waals surface area contributed by atoms with Gasteiger partial charge in [0.15, 0.2) is 6.29 Å². The molecule has 0 aliphatic carbocycles. The highest BCUT2D eigenvalue weighted by atomic mass is 16.5. The van der Waals surface area contributed by atoms with Gasteiger partial charge in [0.05, 0.1) is 5.56 Å². The number of para-hydroxylation sites is 1. The Morgan fingerprint density at radius 2 is 2.11 bits per heavy atom. The lowest BCUT2D eigenvalue weighted by Gasteiger charge is -2.11. The van der Waals surface area contributed by atoms with Crippen molar-refractivity contribution < 1.29 is 19.4 Å². The van der Waals surface area contributed by atoms with Crippen LogP contribution in [0.5, 0.6) is 11.6 Å². The zero-order valence-corrected chi connectivity index (χ0v) is 10.2. The summed E-state index contributed by atoms with van der Waals surface area (Å²) in [6, 6.07) is 7.99. The van der Waals surface area contributed by atoms with Crippen molar-refractivity contribution in [2.75, 3.05) is 0 Å². The maximum absolute atomic E-state index is 11.1. The topological polar surface area (TPSA) is 76.5 Å². The number of benzene rings is 1. The van der Waals surface area contributed by atoms with Crippen LogP contribution in [0.2, 0.25) is 0 Å². The third kappa shape index (κ3) is 2.60. The minimum Gasteiger partial charge on any atom is -0.477 e. The first-order valence-corrected chi connectivity index (χ1v) is 5.54. The van der Waals surface area contributed by atoms with E-state index in [1.807, 2.05) is 0 Å². The number of aryl methyl sites for hydroxylation is 1. The van der Waals surface area contributed by atoms with Crippen LogP contribution >= 0.6 is 0 Å². The fourth-order valence-corrected chi connectivity index (χ4v) is 1.64. The Morgan fingerprint density at radius 3 is 2.79 bits per heavy atom. The number of carbonyl (C=O) groups is 2. The van der Waals surface area contributed by atoms with Crippen molar-refractivity contribution in [2.24, 2.45) is 0 Å². The summed E-state index contributed by atoms with van der Waals surface area (Å²) in [5.74, 6) is -0.851. The zero-order chi connectivity index (χ0) is 13.8. The number of carboxylic acids is 1. The van der Waals surface area contributed by atoms with E-state index < -0.39 is 5.97 Å². The minimum absolute atomic E-state index is 0.0348. The predicted molar refractivity (Wildman–Crippen MR) is 67.8 cm³/mol. The standard InChI is InChI=1S/C14H11NO4/c1-9-4-2-5-10(8-16)12(9)19-13-11(14(17)18)6-3-7-15-13/h2-8H,1H3,(H,17,18). The highest BCUT2D eigenvalue weighted by molar-refractivity contribution is 5.90. The molecule has 0 aliphatic heterocycles. The van der Waals surface area contributed by atoms with Gasteiger partial charge >= 0.3 is 5.97 Å². The van der Waals surface area contributed by atoms with Crippen LogP contribution < -0.4 is 4.74 Å². The first-order valence-electron chi connectivity index (χ1n) is 5.54. The van der Waals surface area contributed by atoms with Gasteiger partial charge in [-0.2, -0.15) is 0 Å². The molecular weight excluding hydrogens is 246 g/mol. The third-order valence-corrected chi connectivity index (χ3v) is 2.57. The van der Waals surface area contributed by atoms with Gasteiger partial charge in [-0.15, -0.1) is 0 Å². The van der Waals surface area contributed by atoms with E-state index >= 15 is 0 Å². The van der Waals surface area contributed by atoms with Gasteiger partial charge in [0.25, 0.3) is 0 Å². The van der Waals surface area contributed by atoms with Gasteiger partial charge in [-0.3, -0.25) is 4.79 Å². The third-order valence-electron chi connectivity index (χ3n) is 2.57. The number of nitrogens with zero attached hydrogens (tertiary/aromatic N) is 1. The van der Waals surface area contributed by atoms with E-state index in [0.29, 0.717) is 17.6 Å². The average molecular weight is 257 g/mol. The number of aromatic nitrogens is 1. The van der Waals surface area contributed by atoms with E-state index in [2.05, 4.69) is 4.98 Å². The molecule has 0 aliphatic rings. The fourth-order valence-electron chi connectivity index (χ4n) is 1.64. The molecule has 5 heteroatoms. The van der Waals surface area contributed by atoms with Crippen LogP contribution in [0.4, 0.5) is 0 Å². The van der Waals surface area contributed by atoms with Crippen LogP contribution in [-0.2, 0) is 0 Å². The van der Waals surface area contributed by atoms with Crippen LogP contribution in [-0.4, -0.2) is 22.3 Å². The molecule has 0 saturated heterocycles. The largest absolute Gasteiger partial charge is 0.477 e. The van der Waals surface area contributed by atoms with Crippen LogP contribution in [0.15, 0.2) is 36.5 Å². The van der Waals surface area contributed by atoms with E-state index in [4.69, 9.17) is 9.84 Å². The summed E-state index contributed by atoms with van der Waals surface area (Å²) in [5, 5.41) is 9.05.